The highest BCUT2D eigenvalue weighted by atomic mass is 32.2. The molecule has 1 atom stereocenters. The van der Waals surface area contributed by atoms with Crippen LogP contribution in [0.2, 0.25) is 0 Å². The van der Waals surface area contributed by atoms with Crippen molar-refractivity contribution < 1.29 is 9.53 Å². The van der Waals surface area contributed by atoms with Crippen molar-refractivity contribution in [3.8, 4) is 5.75 Å². The van der Waals surface area contributed by atoms with Gasteiger partial charge < -0.3 is 4.74 Å². The maximum atomic E-state index is 10.4. The van der Waals surface area contributed by atoms with E-state index >= 15 is 0 Å². The fourth-order valence-electron chi connectivity index (χ4n) is 2.51. The van der Waals surface area contributed by atoms with Crippen molar-refractivity contribution >= 4 is 17.8 Å². The Kier molecular flexibility index (Phi) is 3.63. The van der Waals surface area contributed by atoms with Crippen LogP contribution in [0.15, 0.2) is 29.3 Å². The second-order valence-electron chi connectivity index (χ2n) is 5.22. The summed E-state index contributed by atoms with van der Waals surface area (Å²) in [7, 11) is 0. The predicted octanol–water partition coefficient (Wildman–Crippen LogP) is 3.29. The molecule has 1 saturated heterocycles. The van der Waals surface area contributed by atoms with Crippen LogP contribution in [0.5, 0.6) is 5.75 Å². The van der Waals surface area contributed by atoms with Crippen molar-refractivity contribution in [1.29, 1.82) is 0 Å². The first-order valence-electron chi connectivity index (χ1n) is 6.76. The minimum atomic E-state index is -0.277. The van der Waals surface area contributed by atoms with Gasteiger partial charge in [-0.2, -0.15) is 16.8 Å². The molecule has 3 nitrogen and oxygen atoms in total. The van der Waals surface area contributed by atoms with Crippen LogP contribution in [0, 0.1) is 0 Å². The summed E-state index contributed by atoms with van der Waals surface area (Å²) in [5.74, 6) is 3.26. The Morgan fingerprint density at radius 1 is 1.32 bits per heavy atom. The van der Waals surface area contributed by atoms with Gasteiger partial charge in [-0.25, -0.2) is 4.79 Å². The molecule has 0 aromatic heterocycles. The molecule has 1 aliphatic heterocycles. The van der Waals surface area contributed by atoms with Gasteiger partial charge in [0, 0.05) is 5.75 Å². The van der Waals surface area contributed by atoms with Crippen LogP contribution in [0.1, 0.15) is 31.2 Å². The number of hydrogen-bond acceptors (Lipinski definition) is 4. The number of nitrogens with zero attached hydrogens (tertiary/aromatic N) is 1. The largest absolute Gasteiger partial charge is 0.490 e. The molecule has 0 amide bonds. The number of hydrogen-bond donors (Lipinski definition) is 0. The smallest absolute Gasteiger partial charge is 0.235 e. The van der Waals surface area contributed by atoms with E-state index in [2.05, 4.69) is 4.99 Å². The SMILES string of the molecule is O=C=NC1(c2ccc(OC3CCCSC3)cc2)CC1. The van der Waals surface area contributed by atoms with Crippen molar-refractivity contribution in [3.05, 3.63) is 29.8 Å². The lowest BCUT2D eigenvalue weighted by molar-refractivity contribution is 0.211. The molecule has 100 valence electrons. The van der Waals surface area contributed by atoms with E-state index in [-0.39, 0.29) is 5.54 Å². The number of carbonyl (C=O) groups excluding carboxylic acids is 1. The third-order valence-electron chi connectivity index (χ3n) is 3.80. The summed E-state index contributed by atoms with van der Waals surface area (Å²) < 4.78 is 5.97. The highest BCUT2D eigenvalue weighted by Crippen LogP contribution is 2.49. The average molecular weight is 275 g/mol. The van der Waals surface area contributed by atoms with E-state index in [9.17, 15) is 4.79 Å². The molecule has 4 heteroatoms. The average Bonchev–Trinajstić information content (AvgIpc) is 3.22. The fourth-order valence-corrected chi connectivity index (χ4v) is 3.55. The summed E-state index contributed by atoms with van der Waals surface area (Å²) in [4.78, 5) is 14.4. The van der Waals surface area contributed by atoms with Crippen LogP contribution in [-0.4, -0.2) is 23.7 Å². The van der Waals surface area contributed by atoms with E-state index in [1.165, 1.54) is 12.2 Å². The minimum Gasteiger partial charge on any atom is -0.490 e. The predicted molar refractivity (Wildman–Crippen MR) is 76.5 cm³/mol. The van der Waals surface area contributed by atoms with E-state index < -0.39 is 0 Å². The van der Waals surface area contributed by atoms with Crippen LogP contribution < -0.4 is 4.74 Å². The van der Waals surface area contributed by atoms with Crippen molar-refractivity contribution in [3.63, 3.8) is 0 Å². The van der Waals surface area contributed by atoms with Gasteiger partial charge >= 0.3 is 0 Å². The molecule has 2 aliphatic rings. The zero-order valence-corrected chi connectivity index (χ0v) is 11.6. The fraction of sp³-hybridized carbons (Fsp3) is 0.533. The summed E-state index contributed by atoms with van der Waals surface area (Å²) in [5, 5.41) is 0. The van der Waals surface area contributed by atoms with Gasteiger partial charge in [-0.05, 0) is 49.1 Å². The Labute approximate surface area is 117 Å². The van der Waals surface area contributed by atoms with E-state index in [0.29, 0.717) is 6.10 Å². The standard InChI is InChI=1S/C15H17NO2S/c17-11-16-15(7-8-15)12-3-5-13(6-4-12)18-14-2-1-9-19-10-14/h3-6,14H,1-2,7-10H2. The molecule has 0 bridgehead atoms. The summed E-state index contributed by atoms with van der Waals surface area (Å²) in [6.45, 7) is 0. The molecule has 0 radical (unpaired) electrons. The molecule has 1 unspecified atom stereocenters. The third-order valence-corrected chi connectivity index (χ3v) is 4.98. The first-order valence-corrected chi connectivity index (χ1v) is 7.92. The van der Waals surface area contributed by atoms with Gasteiger partial charge in [-0.1, -0.05) is 12.1 Å². The van der Waals surface area contributed by atoms with Crippen LogP contribution in [0.25, 0.3) is 0 Å². The highest BCUT2D eigenvalue weighted by molar-refractivity contribution is 7.99. The van der Waals surface area contributed by atoms with Crippen LogP contribution >= 0.6 is 11.8 Å². The van der Waals surface area contributed by atoms with Crippen molar-refractivity contribution in [1.82, 2.24) is 0 Å². The molecule has 1 aromatic rings. The molecule has 1 saturated carbocycles. The lowest BCUT2D eigenvalue weighted by Gasteiger charge is -2.22. The first-order chi connectivity index (χ1) is 9.32. The summed E-state index contributed by atoms with van der Waals surface area (Å²) in [5.41, 5.74) is 0.822. The van der Waals surface area contributed by atoms with Crippen molar-refractivity contribution in [2.75, 3.05) is 11.5 Å². The highest BCUT2D eigenvalue weighted by Gasteiger charge is 2.44. The maximum Gasteiger partial charge on any atom is 0.235 e. The third kappa shape index (κ3) is 2.85. The monoisotopic (exact) mass is 275 g/mol. The maximum absolute atomic E-state index is 10.4. The number of aliphatic imine (C=N–C) groups is 1. The van der Waals surface area contributed by atoms with Gasteiger partial charge in [-0.15, -0.1) is 0 Å². The van der Waals surface area contributed by atoms with Gasteiger partial charge in [0.1, 0.15) is 11.9 Å². The van der Waals surface area contributed by atoms with Crippen molar-refractivity contribution in [2.24, 2.45) is 4.99 Å². The van der Waals surface area contributed by atoms with E-state index in [1.807, 2.05) is 36.0 Å². The molecule has 19 heavy (non-hydrogen) atoms. The number of isocyanates is 1. The Morgan fingerprint density at radius 2 is 2.11 bits per heavy atom. The number of ether oxygens (including phenoxy) is 1. The number of rotatable bonds is 4. The Hall–Kier alpha value is -1.25. The number of thioether (sulfide) groups is 1. The second kappa shape index (κ2) is 5.40. The topological polar surface area (TPSA) is 38.7 Å². The van der Waals surface area contributed by atoms with Gasteiger partial charge in [-0.3, -0.25) is 0 Å². The first kappa shape index (κ1) is 12.8. The molecule has 3 rings (SSSR count). The molecule has 0 N–H and O–H groups in total. The van der Waals surface area contributed by atoms with Crippen LogP contribution in [0.4, 0.5) is 0 Å². The van der Waals surface area contributed by atoms with Gasteiger partial charge in [0.2, 0.25) is 6.08 Å². The number of benzene rings is 1. The van der Waals surface area contributed by atoms with E-state index in [4.69, 9.17) is 4.74 Å². The van der Waals surface area contributed by atoms with Crippen molar-refractivity contribution in [2.45, 2.75) is 37.3 Å². The Bertz CT molecular complexity index is 483. The molecule has 1 heterocycles. The molecule has 0 spiro atoms. The van der Waals surface area contributed by atoms with Crippen LogP contribution in [-0.2, 0) is 10.3 Å². The van der Waals surface area contributed by atoms with E-state index in [0.717, 1.165) is 36.3 Å². The summed E-state index contributed by atoms with van der Waals surface area (Å²) >= 11 is 1.96. The zero-order valence-electron chi connectivity index (χ0n) is 10.8. The summed E-state index contributed by atoms with van der Waals surface area (Å²) in [6, 6.07) is 8.04. The Morgan fingerprint density at radius 3 is 2.68 bits per heavy atom. The van der Waals surface area contributed by atoms with Gasteiger partial charge in [0.15, 0.2) is 0 Å². The molecule has 1 aromatic carbocycles. The molecular weight excluding hydrogens is 258 g/mol. The lowest BCUT2D eigenvalue weighted by Crippen LogP contribution is -2.23. The lowest BCUT2D eigenvalue weighted by atomic mass is 10.1. The molecular formula is C15H17NO2S. The summed E-state index contributed by atoms with van der Waals surface area (Å²) in [6.07, 6.45) is 6.31. The minimum absolute atomic E-state index is 0.277. The zero-order chi connectivity index (χ0) is 13.1. The van der Waals surface area contributed by atoms with Gasteiger partial charge in [0.05, 0.1) is 5.54 Å². The van der Waals surface area contributed by atoms with Gasteiger partial charge in [0.25, 0.3) is 0 Å². The second-order valence-corrected chi connectivity index (χ2v) is 6.37. The Balaban J connectivity index is 1.67. The normalized spacial score (nSPS) is 24.3. The van der Waals surface area contributed by atoms with E-state index in [1.54, 1.807) is 6.08 Å². The molecule has 2 fully saturated rings. The quantitative estimate of drug-likeness (QED) is 0.625. The van der Waals surface area contributed by atoms with Crippen LogP contribution in [0.3, 0.4) is 0 Å². The molecule has 1 aliphatic carbocycles.